The molecule has 0 aliphatic heterocycles. The van der Waals surface area contributed by atoms with Gasteiger partial charge in [0.2, 0.25) is 0 Å². The molecule has 0 saturated carbocycles. The number of hydrogen-bond acceptors (Lipinski definition) is 2. The predicted octanol–water partition coefficient (Wildman–Crippen LogP) is 4.14. The minimum Gasteiger partial charge on any atom is -0.327 e. The maximum Gasteiger partial charge on any atom is 0.124 e. The van der Waals surface area contributed by atoms with E-state index in [4.69, 9.17) is 17.3 Å². The van der Waals surface area contributed by atoms with Gasteiger partial charge in [0, 0.05) is 21.7 Å². The summed E-state index contributed by atoms with van der Waals surface area (Å²) in [6.45, 7) is 0. The van der Waals surface area contributed by atoms with Gasteiger partial charge in [0.25, 0.3) is 0 Å². The van der Waals surface area contributed by atoms with Crippen LogP contribution in [0.2, 0.25) is 5.02 Å². The van der Waals surface area contributed by atoms with Crippen molar-refractivity contribution in [3.8, 4) is 0 Å². The SMILES string of the molecule is NC(CSc1cccc(F)c1)Cc1ccccc1Cl. The van der Waals surface area contributed by atoms with E-state index in [1.165, 1.54) is 12.1 Å². The van der Waals surface area contributed by atoms with Crippen molar-refractivity contribution in [2.75, 3.05) is 5.75 Å². The van der Waals surface area contributed by atoms with Crippen LogP contribution in [0.3, 0.4) is 0 Å². The number of benzene rings is 2. The fraction of sp³-hybridized carbons (Fsp3) is 0.200. The first-order chi connectivity index (χ1) is 9.15. The van der Waals surface area contributed by atoms with Crippen LogP contribution in [0.1, 0.15) is 5.56 Å². The van der Waals surface area contributed by atoms with Crippen molar-refractivity contribution in [3.05, 3.63) is 64.9 Å². The number of hydrogen-bond donors (Lipinski definition) is 1. The average molecular weight is 296 g/mol. The molecule has 0 heterocycles. The molecule has 0 aliphatic rings. The Labute approximate surface area is 122 Å². The van der Waals surface area contributed by atoms with Gasteiger partial charge in [-0.1, -0.05) is 35.9 Å². The van der Waals surface area contributed by atoms with Crippen molar-refractivity contribution < 1.29 is 4.39 Å². The molecule has 0 spiro atoms. The van der Waals surface area contributed by atoms with Crippen molar-refractivity contribution >= 4 is 23.4 Å². The highest BCUT2D eigenvalue weighted by Crippen LogP contribution is 2.21. The van der Waals surface area contributed by atoms with Gasteiger partial charge in [-0.25, -0.2) is 4.39 Å². The second kappa shape index (κ2) is 6.94. The molecule has 2 N–H and O–H groups in total. The highest BCUT2D eigenvalue weighted by atomic mass is 35.5. The van der Waals surface area contributed by atoms with Gasteiger partial charge in [-0.15, -0.1) is 11.8 Å². The molecular formula is C15H15ClFNS. The van der Waals surface area contributed by atoms with E-state index in [1.807, 2.05) is 30.3 Å². The lowest BCUT2D eigenvalue weighted by Gasteiger charge is -2.12. The molecule has 2 rings (SSSR count). The van der Waals surface area contributed by atoms with Crippen LogP contribution in [0.15, 0.2) is 53.4 Å². The van der Waals surface area contributed by atoms with Crippen molar-refractivity contribution in [1.29, 1.82) is 0 Å². The van der Waals surface area contributed by atoms with Crippen molar-refractivity contribution in [2.45, 2.75) is 17.4 Å². The fourth-order valence-corrected chi connectivity index (χ4v) is 2.87. The molecule has 0 bridgehead atoms. The van der Waals surface area contributed by atoms with Gasteiger partial charge in [-0.3, -0.25) is 0 Å². The van der Waals surface area contributed by atoms with Crippen LogP contribution in [0.5, 0.6) is 0 Å². The molecule has 4 heteroatoms. The number of nitrogens with two attached hydrogens (primary N) is 1. The molecule has 2 aromatic rings. The number of thioether (sulfide) groups is 1. The zero-order valence-corrected chi connectivity index (χ0v) is 11.9. The lowest BCUT2D eigenvalue weighted by molar-refractivity contribution is 0.624. The van der Waals surface area contributed by atoms with Gasteiger partial charge in [0.1, 0.15) is 5.82 Å². The molecule has 1 atom stereocenters. The molecule has 1 unspecified atom stereocenters. The highest BCUT2D eigenvalue weighted by molar-refractivity contribution is 7.99. The van der Waals surface area contributed by atoms with Gasteiger partial charge >= 0.3 is 0 Å². The maximum absolute atomic E-state index is 13.0. The van der Waals surface area contributed by atoms with E-state index in [1.54, 1.807) is 17.8 Å². The monoisotopic (exact) mass is 295 g/mol. The molecule has 100 valence electrons. The third-order valence-corrected chi connectivity index (χ3v) is 4.25. The van der Waals surface area contributed by atoms with Crippen LogP contribution in [-0.2, 0) is 6.42 Å². The van der Waals surface area contributed by atoms with E-state index in [0.717, 1.165) is 27.7 Å². The minimum absolute atomic E-state index is 0.00633. The minimum atomic E-state index is -0.218. The summed E-state index contributed by atoms with van der Waals surface area (Å²) in [7, 11) is 0. The predicted molar refractivity (Wildman–Crippen MR) is 80.3 cm³/mol. The van der Waals surface area contributed by atoms with Crippen LogP contribution in [-0.4, -0.2) is 11.8 Å². The first-order valence-corrected chi connectivity index (χ1v) is 7.39. The van der Waals surface area contributed by atoms with E-state index < -0.39 is 0 Å². The Morgan fingerprint density at radius 3 is 2.68 bits per heavy atom. The third-order valence-electron chi connectivity index (χ3n) is 2.70. The van der Waals surface area contributed by atoms with E-state index in [-0.39, 0.29) is 11.9 Å². The van der Waals surface area contributed by atoms with Crippen LogP contribution in [0.4, 0.5) is 4.39 Å². The van der Waals surface area contributed by atoms with Crippen molar-refractivity contribution in [2.24, 2.45) is 5.73 Å². The molecule has 0 saturated heterocycles. The molecular weight excluding hydrogens is 281 g/mol. The highest BCUT2D eigenvalue weighted by Gasteiger charge is 2.08. The lowest BCUT2D eigenvalue weighted by atomic mass is 10.1. The molecule has 1 nitrogen and oxygen atoms in total. The summed E-state index contributed by atoms with van der Waals surface area (Å²) in [4.78, 5) is 0.898. The van der Waals surface area contributed by atoms with Gasteiger partial charge in [-0.2, -0.15) is 0 Å². The Morgan fingerprint density at radius 1 is 1.16 bits per heavy atom. The quantitative estimate of drug-likeness (QED) is 0.839. The molecule has 0 amide bonds. The molecule has 0 aliphatic carbocycles. The summed E-state index contributed by atoms with van der Waals surface area (Å²) in [5.41, 5.74) is 7.14. The number of halogens is 2. The largest absolute Gasteiger partial charge is 0.327 e. The first kappa shape index (κ1) is 14.4. The molecule has 19 heavy (non-hydrogen) atoms. The summed E-state index contributed by atoms with van der Waals surface area (Å²) in [5.74, 6) is 0.513. The topological polar surface area (TPSA) is 26.0 Å². The van der Waals surface area contributed by atoms with E-state index >= 15 is 0 Å². The van der Waals surface area contributed by atoms with E-state index in [9.17, 15) is 4.39 Å². The van der Waals surface area contributed by atoms with Gasteiger partial charge in [0.15, 0.2) is 0 Å². The van der Waals surface area contributed by atoms with E-state index in [2.05, 4.69) is 0 Å². The van der Waals surface area contributed by atoms with Gasteiger partial charge in [0.05, 0.1) is 0 Å². The smallest absolute Gasteiger partial charge is 0.124 e. The van der Waals surface area contributed by atoms with Crippen molar-refractivity contribution in [1.82, 2.24) is 0 Å². The summed E-state index contributed by atoms with van der Waals surface area (Å²) in [6, 6.07) is 14.2. The molecule has 0 fully saturated rings. The van der Waals surface area contributed by atoms with Crippen molar-refractivity contribution in [3.63, 3.8) is 0 Å². The fourth-order valence-electron chi connectivity index (χ4n) is 1.77. The summed E-state index contributed by atoms with van der Waals surface area (Å²) < 4.78 is 13.0. The standard InChI is InChI=1S/C15H15ClFNS/c16-15-7-2-1-4-11(15)8-13(18)10-19-14-6-3-5-12(17)9-14/h1-7,9,13H,8,10,18H2. The zero-order chi connectivity index (χ0) is 13.7. The Kier molecular flexibility index (Phi) is 5.25. The zero-order valence-electron chi connectivity index (χ0n) is 10.4. The average Bonchev–Trinajstić information content (AvgIpc) is 2.39. The Hall–Kier alpha value is -1.03. The Morgan fingerprint density at radius 2 is 1.95 bits per heavy atom. The summed E-state index contributed by atoms with van der Waals surface area (Å²) >= 11 is 7.65. The van der Waals surface area contributed by atoms with Crippen LogP contribution in [0, 0.1) is 5.82 Å². The van der Waals surface area contributed by atoms with Gasteiger partial charge < -0.3 is 5.73 Å². The van der Waals surface area contributed by atoms with Crippen LogP contribution < -0.4 is 5.73 Å². The van der Waals surface area contributed by atoms with E-state index in [0.29, 0.717) is 0 Å². The normalized spacial score (nSPS) is 12.4. The van der Waals surface area contributed by atoms with Gasteiger partial charge in [-0.05, 0) is 36.2 Å². The van der Waals surface area contributed by atoms with Crippen LogP contribution in [0.25, 0.3) is 0 Å². The maximum atomic E-state index is 13.0. The summed E-state index contributed by atoms with van der Waals surface area (Å²) in [6.07, 6.45) is 0.724. The Balaban J connectivity index is 1.88. The third kappa shape index (κ3) is 4.53. The second-order valence-electron chi connectivity index (χ2n) is 4.32. The molecule has 0 aromatic heterocycles. The second-order valence-corrected chi connectivity index (χ2v) is 5.82. The molecule has 2 aromatic carbocycles. The number of rotatable bonds is 5. The summed E-state index contributed by atoms with van der Waals surface area (Å²) in [5, 5.41) is 0.744. The lowest BCUT2D eigenvalue weighted by Crippen LogP contribution is -2.25. The van der Waals surface area contributed by atoms with Crippen LogP contribution >= 0.6 is 23.4 Å². The Bertz CT molecular complexity index is 547. The first-order valence-electron chi connectivity index (χ1n) is 6.02. The molecule has 0 radical (unpaired) electrons.